The minimum Gasteiger partial charge on any atom is -0.493 e. The van der Waals surface area contributed by atoms with E-state index in [9.17, 15) is 9.90 Å². The van der Waals surface area contributed by atoms with Crippen molar-refractivity contribution in [3.05, 3.63) is 75.8 Å². The second-order valence-corrected chi connectivity index (χ2v) is 7.40. The molecule has 0 aliphatic carbocycles. The summed E-state index contributed by atoms with van der Waals surface area (Å²) in [6.45, 7) is 0.00235. The van der Waals surface area contributed by atoms with Gasteiger partial charge in [-0.2, -0.15) is 0 Å². The van der Waals surface area contributed by atoms with Crippen LogP contribution in [-0.4, -0.2) is 32.1 Å². The van der Waals surface area contributed by atoms with Crippen LogP contribution in [0, 0.1) is 0 Å². The Morgan fingerprint density at radius 3 is 2.37 bits per heavy atom. The summed E-state index contributed by atoms with van der Waals surface area (Å²) in [6.07, 6.45) is 0.606. The fraction of sp³-hybridized carbons (Fsp3) is 0.174. The molecule has 0 heterocycles. The number of halogens is 2. The average molecular weight is 447 g/mol. The number of ether oxygens (including phenoxy) is 3. The van der Waals surface area contributed by atoms with E-state index in [1.165, 1.54) is 14.2 Å². The SMILES string of the molecule is COCOc1c(OC)cc(C(C(=O)O)=C(Cl)Cl)c2cccc(Cc3ccccc3)c12. The Bertz CT molecular complexity index is 1090. The number of hydrogen-bond donors (Lipinski definition) is 1. The Morgan fingerprint density at radius 2 is 1.77 bits per heavy atom. The molecule has 0 bridgehead atoms. The third-order valence-electron chi connectivity index (χ3n) is 4.62. The van der Waals surface area contributed by atoms with E-state index in [4.69, 9.17) is 37.4 Å². The number of carboxylic acids is 1. The second-order valence-electron chi connectivity index (χ2n) is 6.45. The van der Waals surface area contributed by atoms with Gasteiger partial charge in [0.05, 0.1) is 12.7 Å². The van der Waals surface area contributed by atoms with Gasteiger partial charge in [-0.1, -0.05) is 71.7 Å². The molecule has 0 unspecified atom stereocenters. The van der Waals surface area contributed by atoms with Crippen molar-refractivity contribution in [1.29, 1.82) is 0 Å². The summed E-state index contributed by atoms with van der Waals surface area (Å²) < 4.78 is 16.1. The molecule has 0 aromatic heterocycles. The molecule has 0 aliphatic heterocycles. The third-order valence-corrected chi connectivity index (χ3v) is 5.00. The molecule has 7 heteroatoms. The predicted molar refractivity (Wildman–Crippen MR) is 119 cm³/mol. The highest BCUT2D eigenvalue weighted by atomic mass is 35.5. The van der Waals surface area contributed by atoms with Gasteiger partial charge in [0.15, 0.2) is 18.3 Å². The van der Waals surface area contributed by atoms with Crippen molar-refractivity contribution in [3.63, 3.8) is 0 Å². The lowest BCUT2D eigenvalue weighted by molar-refractivity contribution is -0.130. The van der Waals surface area contributed by atoms with Gasteiger partial charge in [-0.25, -0.2) is 4.79 Å². The number of aliphatic carboxylic acids is 1. The van der Waals surface area contributed by atoms with Crippen molar-refractivity contribution in [1.82, 2.24) is 0 Å². The quantitative estimate of drug-likeness (QED) is 0.357. The van der Waals surface area contributed by atoms with Gasteiger partial charge >= 0.3 is 5.97 Å². The highest BCUT2D eigenvalue weighted by molar-refractivity contribution is 6.61. The lowest BCUT2D eigenvalue weighted by Crippen LogP contribution is -2.06. The molecule has 0 saturated carbocycles. The molecule has 0 aliphatic rings. The van der Waals surface area contributed by atoms with E-state index in [1.807, 2.05) is 42.5 Å². The monoisotopic (exact) mass is 446 g/mol. The minimum absolute atomic E-state index is 0.00235. The Kier molecular flexibility index (Phi) is 7.21. The van der Waals surface area contributed by atoms with Crippen LogP contribution in [0.25, 0.3) is 16.3 Å². The molecule has 0 spiro atoms. The summed E-state index contributed by atoms with van der Waals surface area (Å²) in [4.78, 5) is 11.9. The van der Waals surface area contributed by atoms with Crippen molar-refractivity contribution < 1.29 is 24.1 Å². The number of carboxylic acid groups (broad SMARTS) is 1. The van der Waals surface area contributed by atoms with Crippen LogP contribution in [0.3, 0.4) is 0 Å². The minimum atomic E-state index is -1.24. The first-order valence-electron chi connectivity index (χ1n) is 9.05. The normalized spacial score (nSPS) is 10.7. The van der Waals surface area contributed by atoms with Crippen molar-refractivity contribution in [2.75, 3.05) is 21.0 Å². The van der Waals surface area contributed by atoms with Gasteiger partial charge in [0.25, 0.3) is 0 Å². The summed E-state index contributed by atoms with van der Waals surface area (Å²) in [5.74, 6) is -0.430. The standard InChI is InChI=1S/C23H20Cl2O5/c1-28-13-30-21-18(29-2)12-17(20(22(24)25)23(26)27)16-10-6-9-15(19(16)21)11-14-7-4-3-5-8-14/h3-10,12H,11,13H2,1-2H3,(H,26,27). The van der Waals surface area contributed by atoms with Crippen molar-refractivity contribution in [2.24, 2.45) is 0 Å². The summed E-state index contributed by atoms with van der Waals surface area (Å²) in [6, 6.07) is 17.1. The van der Waals surface area contributed by atoms with Crippen LogP contribution >= 0.6 is 23.2 Å². The van der Waals surface area contributed by atoms with Crippen molar-refractivity contribution >= 4 is 45.5 Å². The summed E-state index contributed by atoms with van der Waals surface area (Å²) in [7, 11) is 3.00. The second kappa shape index (κ2) is 9.85. The number of hydrogen-bond acceptors (Lipinski definition) is 4. The Balaban J connectivity index is 2.36. The molecule has 156 valence electrons. The Labute approximate surface area is 184 Å². The van der Waals surface area contributed by atoms with Gasteiger partial charge < -0.3 is 19.3 Å². The Hall–Kier alpha value is -2.73. The van der Waals surface area contributed by atoms with Crippen molar-refractivity contribution in [3.8, 4) is 11.5 Å². The molecule has 0 amide bonds. The fourth-order valence-electron chi connectivity index (χ4n) is 3.37. The molecule has 3 rings (SSSR count). The molecular formula is C23H20Cl2O5. The largest absolute Gasteiger partial charge is 0.493 e. The highest BCUT2D eigenvalue weighted by Gasteiger charge is 2.24. The van der Waals surface area contributed by atoms with Crippen LogP contribution in [0.1, 0.15) is 16.7 Å². The van der Waals surface area contributed by atoms with Crippen LogP contribution in [-0.2, 0) is 16.0 Å². The summed E-state index contributed by atoms with van der Waals surface area (Å²) >= 11 is 11.9. The maximum atomic E-state index is 11.9. The third kappa shape index (κ3) is 4.54. The molecule has 5 nitrogen and oxygen atoms in total. The smallest absolute Gasteiger partial charge is 0.338 e. The zero-order chi connectivity index (χ0) is 21.7. The summed E-state index contributed by atoms with van der Waals surface area (Å²) in [5, 5.41) is 11.1. The maximum Gasteiger partial charge on any atom is 0.338 e. The van der Waals surface area contributed by atoms with E-state index >= 15 is 0 Å². The van der Waals surface area contributed by atoms with Crippen LogP contribution in [0.4, 0.5) is 0 Å². The van der Waals surface area contributed by atoms with Crippen LogP contribution in [0.5, 0.6) is 11.5 Å². The highest BCUT2D eigenvalue weighted by Crippen LogP contribution is 2.43. The maximum absolute atomic E-state index is 11.9. The van der Waals surface area contributed by atoms with Crippen LogP contribution < -0.4 is 9.47 Å². The van der Waals surface area contributed by atoms with Crippen molar-refractivity contribution in [2.45, 2.75) is 6.42 Å². The fourth-order valence-corrected chi connectivity index (χ4v) is 3.74. The van der Waals surface area contributed by atoms with E-state index in [2.05, 4.69) is 0 Å². The number of benzene rings is 3. The summed E-state index contributed by atoms with van der Waals surface area (Å²) in [5.41, 5.74) is 2.16. The predicted octanol–water partition coefficient (Wildman–Crippen LogP) is 5.65. The first-order chi connectivity index (χ1) is 14.5. The van der Waals surface area contributed by atoms with Gasteiger partial charge in [0.1, 0.15) is 4.49 Å². The molecule has 3 aromatic rings. The van der Waals surface area contributed by atoms with Crippen LogP contribution in [0.2, 0.25) is 0 Å². The Morgan fingerprint density at radius 1 is 1.03 bits per heavy atom. The lowest BCUT2D eigenvalue weighted by atomic mass is 9.92. The number of carbonyl (C=O) groups is 1. The van der Waals surface area contributed by atoms with Crippen LogP contribution in [0.15, 0.2) is 59.1 Å². The van der Waals surface area contributed by atoms with E-state index in [0.717, 1.165) is 11.1 Å². The molecule has 0 radical (unpaired) electrons. The average Bonchev–Trinajstić information content (AvgIpc) is 2.73. The number of rotatable bonds is 8. The van der Waals surface area contributed by atoms with E-state index in [0.29, 0.717) is 34.3 Å². The molecule has 30 heavy (non-hydrogen) atoms. The molecule has 0 atom stereocenters. The van der Waals surface area contributed by atoms with Gasteiger partial charge in [0.2, 0.25) is 0 Å². The number of fused-ring (bicyclic) bond motifs is 1. The molecule has 1 N–H and O–H groups in total. The van der Waals surface area contributed by atoms with E-state index < -0.39 is 5.97 Å². The van der Waals surface area contributed by atoms with Gasteiger partial charge in [-0.3, -0.25) is 0 Å². The zero-order valence-corrected chi connectivity index (χ0v) is 18.0. The molecular weight excluding hydrogens is 427 g/mol. The zero-order valence-electron chi connectivity index (χ0n) is 16.4. The van der Waals surface area contributed by atoms with E-state index in [-0.39, 0.29) is 16.9 Å². The van der Waals surface area contributed by atoms with Gasteiger partial charge in [0, 0.05) is 18.1 Å². The van der Waals surface area contributed by atoms with Gasteiger partial charge in [-0.15, -0.1) is 0 Å². The molecule has 0 saturated heterocycles. The van der Waals surface area contributed by atoms with E-state index in [1.54, 1.807) is 12.1 Å². The molecule has 3 aromatic carbocycles. The van der Waals surface area contributed by atoms with Gasteiger partial charge in [-0.05, 0) is 29.0 Å². The number of methoxy groups -OCH3 is 2. The topological polar surface area (TPSA) is 65.0 Å². The first-order valence-corrected chi connectivity index (χ1v) is 9.80. The first kappa shape index (κ1) is 22.0. The molecule has 0 fully saturated rings. The lowest BCUT2D eigenvalue weighted by Gasteiger charge is -2.19.